The Hall–Kier alpha value is -1.42. The Bertz CT molecular complexity index is 460. The highest BCUT2D eigenvalue weighted by molar-refractivity contribution is 5.77. The molecule has 4 nitrogen and oxygen atoms in total. The molecule has 0 aliphatic carbocycles. The van der Waals surface area contributed by atoms with E-state index in [0.29, 0.717) is 0 Å². The van der Waals surface area contributed by atoms with Gasteiger partial charge in [-0.05, 0) is 31.4 Å². The number of pyridine rings is 1. The van der Waals surface area contributed by atoms with E-state index in [1.807, 2.05) is 12.1 Å². The lowest BCUT2D eigenvalue weighted by molar-refractivity contribution is 0.0131. The summed E-state index contributed by atoms with van der Waals surface area (Å²) in [5.41, 5.74) is 1.86. The molecule has 1 aliphatic rings. The van der Waals surface area contributed by atoms with Crippen molar-refractivity contribution in [1.29, 1.82) is 0 Å². The maximum absolute atomic E-state index is 5.73. The maximum atomic E-state index is 5.73. The van der Waals surface area contributed by atoms with Crippen LogP contribution in [-0.4, -0.2) is 21.8 Å². The largest absolute Gasteiger partial charge is 0.372 e. The van der Waals surface area contributed by atoms with E-state index in [0.717, 1.165) is 29.8 Å². The van der Waals surface area contributed by atoms with Crippen molar-refractivity contribution in [2.45, 2.75) is 25.4 Å². The molecule has 1 saturated heterocycles. The number of aromatic amines is 1. The maximum Gasteiger partial charge on any atom is 0.181 e. The molecule has 0 saturated carbocycles. The van der Waals surface area contributed by atoms with Gasteiger partial charge in [-0.25, -0.2) is 4.98 Å². The summed E-state index contributed by atoms with van der Waals surface area (Å²) in [6, 6.07) is 3.98. The van der Waals surface area contributed by atoms with Gasteiger partial charge in [0.25, 0.3) is 0 Å². The Balaban J connectivity index is 2.02. The van der Waals surface area contributed by atoms with E-state index in [9.17, 15) is 0 Å². The Kier molecular flexibility index (Phi) is 2.14. The van der Waals surface area contributed by atoms with Crippen LogP contribution in [-0.2, 0) is 4.74 Å². The molecular weight excluding hydrogens is 190 g/mol. The van der Waals surface area contributed by atoms with Gasteiger partial charge in [-0.2, -0.15) is 5.10 Å². The number of nitrogens with zero attached hydrogens (tertiary/aromatic N) is 2. The molecule has 78 valence electrons. The van der Waals surface area contributed by atoms with Crippen molar-refractivity contribution in [3.8, 4) is 0 Å². The van der Waals surface area contributed by atoms with Gasteiger partial charge in [0.2, 0.25) is 0 Å². The van der Waals surface area contributed by atoms with Gasteiger partial charge in [0, 0.05) is 18.2 Å². The Morgan fingerprint density at radius 3 is 3.27 bits per heavy atom. The van der Waals surface area contributed by atoms with Crippen LogP contribution in [0.2, 0.25) is 0 Å². The summed E-state index contributed by atoms with van der Waals surface area (Å²) in [6.07, 6.45) is 5.40. The van der Waals surface area contributed by atoms with Crippen LogP contribution >= 0.6 is 0 Å². The predicted octanol–water partition coefficient (Wildman–Crippen LogP) is 2.20. The second-order valence-corrected chi connectivity index (χ2v) is 3.87. The molecule has 3 heterocycles. The highest BCUT2D eigenvalue weighted by atomic mass is 16.5. The molecule has 2 aromatic heterocycles. The van der Waals surface area contributed by atoms with Gasteiger partial charge in [0.15, 0.2) is 5.65 Å². The molecule has 0 spiro atoms. The summed E-state index contributed by atoms with van der Waals surface area (Å²) >= 11 is 0. The molecule has 15 heavy (non-hydrogen) atoms. The first kappa shape index (κ1) is 8.85. The molecule has 4 heteroatoms. The third kappa shape index (κ3) is 1.51. The standard InChI is InChI=1S/C11H13N3O/c1-2-7-15-9(5-1)10-8-4-3-6-12-11(8)14-13-10/h3-4,6,9H,1-2,5,7H2,(H,12,13,14). The molecule has 1 atom stereocenters. The van der Waals surface area contributed by atoms with E-state index < -0.39 is 0 Å². The van der Waals surface area contributed by atoms with Crippen molar-refractivity contribution in [2.75, 3.05) is 6.61 Å². The summed E-state index contributed by atoms with van der Waals surface area (Å²) in [7, 11) is 0. The van der Waals surface area contributed by atoms with Gasteiger partial charge < -0.3 is 4.74 Å². The molecule has 0 aromatic carbocycles. The van der Waals surface area contributed by atoms with Gasteiger partial charge in [-0.3, -0.25) is 5.10 Å². The summed E-state index contributed by atoms with van der Waals surface area (Å²) in [4.78, 5) is 4.20. The van der Waals surface area contributed by atoms with Crippen LogP contribution < -0.4 is 0 Å². The number of H-pyrrole nitrogens is 1. The molecule has 1 fully saturated rings. The van der Waals surface area contributed by atoms with E-state index in [1.54, 1.807) is 6.20 Å². The molecule has 1 aliphatic heterocycles. The fourth-order valence-electron chi connectivity index (χ4n) is 2.08. The van der Waals surface area contributed by atoms with Gasteiger partial charge in [0.05, 0.1) is 11.8 Å². The normalized spacial score (nSPS) is 22.0. The lowest BCUT2D eigenvalue weighted by Crippen LogP contribution is -2.12. The van der Waals surface area contributed by atoms with Crippen LogP contribution in [0.25, 0.3) is 11.0 Å². The molecule has 0 amide bonds. The highest BCUT2D eigenvalue weighted by Gasteiger charge is 2.20. The Morgan fingerprint density at radius 1 is 1.40 bits per heavy atom. The number of ether oxygens (including phenoxy) is 1. The minimum absolute atomic E-state index is 0.174. The van der Waals surface area contributed by atoms with Crippen molar-refractivity contribution in [3.05, 3.63) is 24.0 Å². The fourth-order valence-corrected chi connectivity index (χ4v) is 2.08. The van der Waals surface area contributed by atoms with Gasteiger partial charge in [0.1, 0.15) is 0 Å². The van der Waals surface area contributed by atoms with E-state index in [1.165, 1.54) is 12.8 Å². The third-order valence-corrected chi connectivity index (χ3v) is 2.86. The summed E-state index contributed by atoms with van der Waals surface area (Å²) in [5.74, 6) is 0. The summed E-state index contributed by atoms with van der Waals surface area (Å²) < 4.78 is 5.73. The molecule has 1 N–H and O–H groups in total. The number of hydrogen-bond donors (Lipinski definition) is 1. The van der Waals surface area contributed by atoms with Crippen LogP contribution in [0.1, 0.15) is 31.1 Å². The number of nitrogens with one attached hydrogen (secondary N) is 1. The minimum atomic E-state index is 0.174. The highest BCUT2D eigenvalue weighted by Crippen LogP contribution is 2.30. The number of aromatic nitrogens is 3. The van der Waals surface area contributed by atoms with E-state index >= 15 is 0 Å². The van der Waals surface area contributed by atoms with Gasteiger partial charge in [-0.1, -0.05) is 0 Å². The number of fused-ring (bicyclic) bond motifs is 1. The van der Waals surface area contributed by atoms with Crippen LogP contribution in [0.3, 0.4) is 0 Å². The average molecular weight is 203 g/mol. The molecule has 1 unspecified atom stereocenters. The zero-order chi connectivity index (χ0) is 10.1. The monoisotopic (exact) mass is 203 g/mol. The lowest BCUT2D eigenvalue weighted by Gasteiger charge is -2.21. The number of rotatable bonds is 1. The fraction of sp³-hybridized carbons (Fsp3) is 0.455. The SMILES string of the molecule is c1cnc2n[nH]c(C3CCCCO3)c2c1. The van der Waals surface area contributed by atoms with Crippen LogP contribution in [0.4, 0.5) is 0 Å². The molecular formula is C11H13N3O. The van der Waals surface area contributed by atoms with Gasteiger partial charge in [-0.15, -0.1) is 0 Å². The summed E-state index contributed by atoms with van der Waals surface area (Å²) in [5, 5.41) is 8.31. The lowest BCUT2D eigenvalue weighted by atomic mass is 10.0. The Labute approximate surface area is 87.7 Å². The topological polar surface area (TPSA) is 50.8 Å². The first-order valence-electron chi connectivity index (χ1n) is 5.36. The van der Waals surface area contributed by atoms with Gasteiger partial charge >= 0.3 is 0 Å². The Morgan fingerprint density at radius 2 is 2.40 bits per heavy atom. The van der Waals surface area contributed by atoms with Crippen LogP contribution in [0, 0.1) is 0 Å². The minimum Gasteiger partial charge on any atom is -0.372 e. The number of hydrogen-bond acceptors (Lipinski definition) is 3. The van der Waals surface area contributed by atoms with Crippen molar-refractivity contribution >= 4 is 11.0 Å². The molecule has 2 aromatic rings. The van der Waals surface area contributed by atoms with Crippen LogP contribution in [0.5, 0.6) is 0 Å². The average Bonchev–Trinajstić information content (AvgIpc) is 2.74. The van der Waals surface area contributed by atoms with Crippen molar-refractivity contribution in [1.82, 2.24) is 15.2 Å². The zero-order valence-corrected chi connectivity index (χ0v) is 8.44. The predicted molar refractivity (Wildman–Crippen MR) is 56.4 cm³/mol. The van der Waals surface area contributed by atoms with E-state index in [4.69, 9.17) is 4.74 Å². The molecule has 0 bridgehead atoms. The molecule has 0 radical (unpaired) electrons. The first-order chi connectivity index (χ1) is 7.45. The second kappa shape index (κ2) is 3.62. The second-order valence-electron chi connectivity index (χ2n) is 3.87. The first-order valence-corrected chi connectivity index (χ1v) is 5.36. The van der Waals surface area contributed by atoms with Crippen molar-refractivity contribution < 1.29 is 4.74 Å². The van der Waals surface area contributed by atoms with Crippen molar-refractivity contribution in [3.63, 3.8) is 0 Å². The van der Waals surface area contributed by atoms with E-state index in [-0.39, 0.29) is 6.10 Å². The zero-order valence-electron chi connectivity index (χ0n) is 8.44. The van der Waals surface area contributed by atoms with Crippen LogP contribution in [0.15, 0.2) is 18.3 Å². The quantitative estimate of drug-likeness (QED) is 0.773. The van der Waals surface area contributed by atoms with Crippen molar-refractivity contribution in [2.24, 2.45) is 0 Å². The van der Waals surface area contributed by atoms with E-state index in [2.05, 4.69) is 15.2 Å². The molecule has 3 rings (SSSR count). The summed E-state index contributed by atoms with van der Waals surface area (Å²) in [6.45, 7) is 0.853. The third-order valence-electron chi connectivity index (χ3n) is 2.86. The smallest absolute Gasteiger partial charge is 0.181 e.